The number of anilines is 1. The van der Waals surface area contributed by atoms with Gasteiger partial charge in [0.05, 0.1) is 29.9 Å². The molecule has 29 heavy (non-hydrogen) atoms. The topological polar surface area (TPSA) is 119 Å². The predicted molar refractivity (Wildman–Crippen MR) is 110 cm³/mol. The summed E-state index contributed by atoms with van der Waals surface area (Å²) < 4.78 is 5.19. The van der Waals surface area contributed by atoms with Crippen molar-refractivity contribution in [3.05, 3.63) is 41.6 Å². The van der Waals surface area contributed by atoms with Gasteiger partial charge in [-0.05, 0) is 24.3 Å². The molecule has 3 heterocycles. The van der Waals surface area contributed by atoms with Gasteiger partial charge in [-0.15, -0.1) is 0 Å². The van der Waals surface area contributed by atoms with Gasteiger partial charge in [0.2, 0.25) is 11.8 Å². The first kappa shape index (κ1) is 17.9. The third kappa shape index (κ3) is 2.91. The molecule has 0 aromatic carbocycles. The second-order valence-corrected chi connectivity index (χ2v) is 7.78. The van der Waals surface area contributed by atoms with Crippen LogP contribution in [-0.2, 0) is 4.79 Å². The number of halogens is 1. The van der Waals surface area contributed by atoms with Crippen LogP contribution in [0.5, 0.6) is 5.88 Å². The van der Waals surface area contributed by atoms with Crippen LogP contribution in [0.1, 0.15) is 6.42 Å². The maximum Gasteiger partial charge on any atom is 0.223 e. The van der Waals surface area contributed by atoms with E-state index in [9.17, 15) is 4.79 Å². The molecule has 2 bridgehead atoms. The number of primary amides is 1. The zero-order valence-electron chi connectivity index (χ0n) is 15.6. The van der Waals surface area contributed by atoms with Crippen LogP contribution in [0.2, 0.25) is 5.02 Å². The molecule has 3 aromatic rings. The van der Waals surface area contributed by atoms with Gasteiger partial charge in [0, 0.05) is 12.1 Å². The number of carbonyl (C=O) groups is 1. The Labute approximate surface area is 171 Å². The number of methoxy groups -OCH3 is 1. The highest BCUT2D eigenvalue weighted by Crippen LogP contribution is 2.46. The molecular weight excluding hydrogens is 392 g/mol. The number of hydrogen-bond acceptors (Lipinski definition) is 6. The Bertz CT molecular complexity index is 1140. The third-order valence-electron chi connectivity index (χ3n) is 5.75. The molecule has 0 radical (unpaired) electrons. The fraction of sp³-hybridized carbons (Fsp3) is 0.300. The fourth-order valence-corrected chi connectivity index (χ4v) is 4.63. The normalized spacial score (nSPS) is 24.9. The quantitative estimate of drug-likeness (QED) is 0.556. The first-order valence-corrected chi connectivity index (χ1v) is 9.72. The summed E-state index contributed by atoms with van der Waals surface area (Å²) in [5, 5.41) is 3.91. The van der Waals surface area contributed by atoms with Crippen LogP contribution >= 0.6 is 11.6 Å². The molecule has 2 aliphatic rings. The highest BCUT2D eigenvalue weighted by atomic mass is 35.5. The van der Waals surface area contributed by atoms with Crippen LogP contribution in [0.25, 0.3) is 22.7 Å². The number of imidazole rings is 1. The number of allylic oxidation sites excluding steroid dienone is 1. The lowest BCUT2D eigenvalue weighted by molar-refractivity contribution is -0.122. The van der Waals surface area contributed by atoms with Crippen LogP contribution in [0.3, 0.4) is 0 Å². The van der Waals surface area contributed by atoms with Crippen molar-refractivity contribution in [1.82, 2.24) is 19.9 Å². The van der Waals surface area contributed by atoms with E-state index in [1.807, 2.05) is 12.1 Å². The molecule has 1 unspecified atom stereocenters. The summed E-state index contributed by atoms with van der Waals surface area (Å²) in [5.74, 6) is 0.878. The lowest BCUT2D eigenvalue weighted by atomic mass is 9.88. The SMILES string of the molecule is COc1cccc(-c2nc3ncc(Cl)c(NC4[C@@H](C(N)=O)[C@@H]5C=C[C@H]4C5)c3[nH]2)n1. The smallest absolute Gasteiger partial charge is 0.223 e. The summed E-state index contributed by atoms with van der Waals surface area (Å²) in [7, 11) is 1.56. The zero-order valence-corrected chi connectivity index (χ0v) is 16.3. The monoisotopic (exact) mass is 410 g/mol. The van der Waals surface area contributed by atoms with Crippen molar-refractivity contribution in [3.8, 4) is 17.4 Å². The lowest BCUT2D eigenvalue weighted by Crippen LogP contribution is -2.41. The Kier molecular flexibility index (Phi) is 4.16. The van der Waals surface area contributed by atoms with Gasteiger partial charge in [-0.2, -0.15) is 0 Å². The Morgan fingerprint density at radius 3 is 2.93 bits per heavy atom. The Morgan fingerprint density at radius 2 is 2.14 bits per heavy atom. The molecule has 8 nitrogen and oxygen atoms in total. The standard InChI is InChI=1S/C20H19ClN6O2/c1-29-13-4-2-3-12(24-13)19-26-17-16(11(21)8-23-20(17)27-19)25-15-10-6-5-9(7-10)14(15)18(22)28/h2-6,8-10,14-15H,7H2,1H3,(H2,22,28)(H2,23,25,26,27)/t9-,10+,14+,15?/m1/s1. The van der Waals surface area contributed by atoms with Crippen LogP contribution in [0, 0.1) is 17.8 Å². The highest BCUT2D eigenvalue weighted by molar-refractivity contribution is 6.34. The molecule has 2 aliphatic carbocycles. The van der Waals surface area contributed by atoms with Gasteiger partial charge < -0.3 is 20.8 Å². The number of pyridine rings is 2. The van der Waals surface area contributed by atoms with E-state index in [1.54, 1.807) is 19.4 Å². The Balaban J connectivity index is 1.55. The van der Waals surface area contributed by atoms with E-state index in [0.717, 1.165) is 6.42 Å². The minimum absolute atomic E-state index is 0.118. The number of nitrogens with one attached hydrogen (secondary N) is 2. The number of H-pyrrole nitrogens is 1. The van der Waals surface area contributed by atoms with E-state index in [1.165, 1.54) is 0 Å². The number of hydrogen-bond donors (Lipinski definition) is 3. The van der Waals surface area contributed by atoms with Crippen LogP contribution in [0.15, 0.2) is 36.5 Å². The summed E-state index contributed by atoms with van der Waals surface area (Å²) in [5.41, 5.74) is 8.14. The molecule has 1 fully saturated rings. The van der Waals surface area contributed by atoms with Crippen molar-refractivity contribution in [1.29, 1.82) is 0 Å². The average molecular weight is 411 g/mol. The summed E-state index contributed by atoms with van der Waals surface area (Å²) >= 11 is 6.47. The van der Waals surface area contributed by atoms with Gasteiger partial charge in [-0.3, -0.25) is 4.79 Å². The van der Waals surface area contributed by atoms with E-state index < -0.39 is 0 Å². The van der Waals surface area contributed by atoms with Crippen molar-refractivity contribution < 1.29 is 9.53 Å². The predicted octanol–water partition coefficient (Wildman–Crippen LogP) is 2.77. The van der Waals surface area contributed by atoms with Gasteiger partial charge in [-0.1, -0.05) is 29.8 Å². The fourth-order valence-electron chi connectivity index (χ4n) is 4.43. The van der Waals surface area contributed by atoms with Gasteiger partial charge >= 0.3 is 0 Å². The molecule has 0 aliphatic heterocycles. The molecule has 9 heteroatoms. The van der Waals surface area contributed by atoms with Crippen molar-refractivity contribution in [3.63, 3.8) is 0 Å². The number of amides is 1. The van der Waals surface area contributed by atoms with Crippen LogP contribution < -0.4 is 15.8 Å². The van der Waals surface area contributed by atoms with E-state index >= 15 is 0 Å². The molecule has 3 aromatic heterocycles. The average Bonchev–Trinajstić information content (AvgIpc) is 3.44. The van der Waals surface area contributed by atoms with Crippen LogP contribution in [-0.4, -0.2) is 39.0 Å². The molecule has 4 atom stereocenters. The maximum atomic E-state index is 12.1. The number of nitrogens with two attached hydrogens (primary N) is 1. The van der Waals surface area contributed by atoms with E-state index in [2.05, 4.69) is 37.4 Å². The molecular formula is C20H19ClN6O2. The second kappa shape index (κ2) is 6.73. The van der Waals surface area contributed by atoms with Crippen LogP contribution in [0.4, 0.5) is 5.69 Å². The van der Waals surface area contributed by atoms with Crippen molar-refractivity contribution in [2.75, 3.05) is 12.4 Å². The second-order valence-electron chi connectivity index (χ2n) is 7.38. The number of aromatic amines is 1. The van der Waals surface area contributed by atoms with Gasteiger partial charge in [-0.25, -0.2) is 15.0 Å². The summed E-state index contributed by atoms with van der Waals surface area (Å²) in [4.78, 5) is 28.6. The Morgan fingerprint density at radius 1 is 1.31 bits per heavy atom. The first-order valence-electron chi connectivity index (χ1n) is 9.35. The first-order chi connectivity index (χ1) is 14.0. The molecule has 1 amide bonds. The van der Waals surface area contributed by atoms with E-state index in [-0.39, 0.29) is 29.7 Å². The molecule has 148 valence electrons. The minimum Gasteiger partial charge on any atom is -0.481 e. The number of carbonyl (C=O) groups excluding carboxylic acids is 1. The maximum absolute atomic E-state index is 12.1. The zero-order chi connectivity index (χ0) is 20.1. The highest BCUT2D eigenvalue weighted by Gasteiger charge is 2.47. The van der Waals surface area contributed by atoms with Crippen molar-refractivity contribution >= 4 is 34.4 Å². The number of fused-ring (bicyclic) bond motifs is 3. The number of rotatable bonds is 5. The summed E-state index contributed by atoms with van der Waals surface area (Å²) in [6.07, 6.45) is 6.70. The Hall–Kier alpha value is -3.13. The molecule has 5 rings (SSSR count). The molecule has 0 spiro atoms. The number of nitrogens with zero attached hydrogens (tertiary/aromatic N) is 3. The number of aromatic nitrogens is 4. The largest absolute Gasteiger partial charge is 0.481 e. The van der Waals surface area contributed by atoms with Crippen molar-refractivity contribution in [2.45, 2.75) is 12.5 Å². The van der Waals surface area contributed by atoms with Gasteiger partial charge in [0.25, 0.3) is 0 Å². The number of ether oxygens (including phenoxy) is 1. The van der Waals surface area contributed by atoms with Gasteiger partial charge in [0.1, 0.15) is 11.2 Å². The van der Waals surface area contributed by atoms with E-state index in [4.69, 9.17) is 22.1 Å². The van der Waals surface area contributed by atoms with Crippen molar-refractivity contribution in [2.24, 2.45) is 23.5 Å². The third-order valence-corrected chi connectivity index (χ3v) is 6.03. The molecule has 1 saturated carbocycles. The minimum atomic E-state index is -0.299. The summed E-state index contributed by atoms with van der Waals surface area (Å²) in [6, 6.07) is 5.32. The van der Waals surface area contributed by atoms with E-state index in [0.29, 0.717) is 39.3 Å². The lowest BCUT2D eigenvalue weighted by Gasteiger charge is -2.28. The molecule has 4 N–H and O–H groups in total. The van der Waals surface area contributed by atoms with Gasteiger partial charge in [0.15, 0.2) is 11.5 Å². The molecule has 0 saturated heterocycles. The summed E-state index contributed by atoms with van der Waals surface area (Å²) in [6.45, 7) is 0.